The maximum absolute atomic E-state index is 2.63. The van der Waals surface area contributed by atoms with Crippen LogP contribution in [0, 0.1) is 0 Å². The Bertz CT molecular complexity index is 3990. The number of aromatic nitrogens is 2. The molecule has 0 saturated heterocycles. The summed E-state index contributed by atoms with van der Waals surface area (Å²) < 4.78 is 5.10. The Morgan fingerprint density at radius 2 is 0.851 bits per heavy atom. The number of benzene rings is 10. The standard InChI is InChI=1S/C58H45B7N2/c59-50-46(36-26-28-44-42(31-36)47-39(34-18-8-3-9-19-34)24-13-25-45(47)66(44)37-21-12-20-35(30-37)32-14-4-1-5-15-32)51(60)55(64)57-48(50)49-52(61)53(62)54(63)56(65)58(49)67(57)43-29-27-38(33-16-6-2-7-17-33)40-22-10-11-23-41(40)43/h1-31H,59-65H2. The molecule has 0 amide bonds. The van der Waals surface area contributed by atoms with Crippen LogP contribution in [0.15, 0.2) is 188 Å². The van der Waals surface area contributed by atoms with Gasteiger partial charge in [-0.3, -0.25) is 0 Å². The van der Waals surface area contributed by atoms with Gasteiger partial charge in [-0.25, -0.2) is 0 Å². The van der Waals surface area contributed by atoms with Crippen LogP contribution in [0.5, 0.6) is 0 Å². The Morgan fingerprint density at radius 1 is 0.284 bits per heavy atom. The van der Waals surface area contributed by atoms with Gasteiger partial charge in [-0.1, -0.05) is 184 Å². The maximum Gasteiger partial charge on any atom is 0.141 e. The summed E-state index contributed by atoms with van der Waals surface area (Å²) >= 11 is 0. The van der Waals surface area contributed by atoms with Gasteiger partial charge in [-0.2, -0.15) is 0 Å². The molecule has 0 aliphatic carbocycles. The van der Waals surface area contributed by atoms with Crippen molar-refractivity contribution in [2.24, 2.45) is 0 Å². The minimum absolute atomic E-state index is 1.15. The first-order valence-corrected chi connectivity index (χ1v) is 23.6. The Morgan fingerprint density at radius 3 is 1.55 bits per heavy atom. The predicted octanol–water partition coefficient (Wildman–Crippen LogP) is 3.51. The lowest BCUT2D eigenvalue weighted by molar-refractivity contribution is 1.18. The third kappa shape index (κ3) is 6.21. The molecule has 2 heterocycles. The molecule has 0 radical (unpaired) electrons. The van der Waals surface area contributed by atoms with E-state index in [2.05, 4.69) is 252 Å². The molecule has 12 aromatic rings. The van der Waals surface area contributed by atoms with Crippen molar-refractivity contribution >= 4 is 148 Å². The molecule has 0 N–H and O–H groups in total. The van der Waals surface area contributed by atoms with E-state index in [-0.39, 0.29) is 0 Å². The van der Waals surface area contributed by atoms with Crippen LogP contribution in [0.25, 0.3) is 110 Å². The molecule has 0 bridgehead atoms. The molecule has 2 nitrogen and oxygen atoms in total. The van der Waals surface area contributed by atoms with Gasteiger partial charge >= 0.3 is 0 Å². The van der Waals surface area contributed by atoms with E-state index in [0.29, 0.717) is 0 Å². The first-order chi connectivity index (χ1) is 32.7. The molecule has 2 aromatic heterocycles. The van der Waals surface area contributed by atoms with Crippen molar-refractivity contribution in [3.8, 4) is 55.9 Å². The van der Waals surface area contributed by atoms with Crippen LogP contribution in [0.4, 0.5) is 0 Å². The predicted molar refractivity (Wildman–Crippen MR) is 312 cm³/mol. The molecule has 0 unspecified atom stereocenters. The zero-order valence-electron chi connectivity index (χ0n) is 39.3. The highest BCUT2D eigenvalue weighted by Gasteiger charge is 2.26. The molecule has 0 atom stereocenters. The van der Waals surface area contributed by atoms with E-state index in [1.807, 2.05) is 0 Å². The summed E-state index contributed by atoms with van der Waals surface area (Å²) in [4.78, 5) is 0. The van der Waals surface area contributed by atoms with Crippen molar-refractivity contribution in [1.82, 2.24) is 9.13 Å². The lowest BCUT2D eigenvalue weighted by Gasteiger charge is -2.20. The van der Waals surface area contributed by atoms with Crippen LogP contribution in [0.3, 0.4) is 0 Å². The molecule has 0 fully saturated rings. The highest BCUT2D eigenvalue weighted by atomic mass is 15.0. The molecule has 10 aromatic carbocycles. The van der Waals surface area contributed by atoms with Crippen molar-refractivity contribution < 1.29 is 0 Å². The van der Waals surface area contributed by atoms with Gasteiger partial charge in [0.2, 0.25) is 0 Å². The van der Waals surface area contributed by atoms with Crippen LogP contribution in [0.1, 0.15) is 0 Å². The second kappa shape index (κ2) is 15.8. The first-order valence-electron chi connectivity index (χ1n) is 23.6. The zero-order chi connectivity index (χ0) is 45.7. The van der Waals surface area contributed by atoms with E-state index in [0.717, 1.165) is 5.69 Å². The molecule has 0 aliphatic rings. The minimum Gasteiger partial charge on any atom is -0.310 e. The summed E-state index contributed by atoms with van der Waals surface area (Å²) in [7, 11) is 16.4. The minimum atomic E-state index is 1.15. The smallest absolute Gasteiger partial charge is 0.141 e. The van der Waals surface area contributed by atoms with Gasteiger partial charge in [0.1, 0.15) is 54.9 Å². The quantitative estimate of drug-likeness (QED) is 0.227. The first kappa shape index (κ1) is 41.0. The van der Waals surface area contributed by atoms with Crippen molar-refractivity contribution in [1.29, 1.82) is 0 Å². The molecule has 9 heteroatoms. The monoisotopic (exact) mass is 846 g/mol. The lowest BCUT2D eigenvalue weighted by atomic mass is 9.64. The number of rotatable bonds is 6. The van der Waals surface area contributed by atoms with Gasteiger partial charge in [0.05, 0.1) is 16.7 Å². The average molecular weight is 846 g/mol. The summed E-state index contributed by atoms with van der Waals surface area (Å²) in [5, 5.41) is 7.73. The zero-order valence-corrected chi connectivity index (χ0v) is 39.3. The average Bonchev–Trinajstić information content (AvgIpc) is 3.91. The van der Waals surface area contributed by atoms with Crippen molar-refractivity contribution in [2.45, 2.75) is 0 Å². The SMILES string of the molecule is Bc1c(B)c(B)c2c(c1B)c1c(B)c(-c3ccc4c(c3)c3c(-c5ccccc5)cccc3n4-c3cccc(-c4ccccc4)c3)c(B)c(B)c1n2-c1ccc(-c2ccccc2)c2ccccc12. The Hall–Kier alpha value is -7.49. The van der Waals surface area contributed by atoms with Gasteiger partial charge in [0, 0.05) is 38.3 Å². The summed E-state index contributed by atoms with van der Waals surface area (Å²) in [6.45, 7) is 0. The van der Waals surface area contributed by atoms with E-state index in [9.17, 15) is 0 Å². The van der Waals surface area contributed by atoms with E-state index >= 15 is 0 Å². The summed E-state index contributed by atoms with van der Waals surface area (Å²) in [6, 6.07) is 69.2. The van der Waals surface area contributed by atoms with E-state index in [4.69, 9.17) is 0 Å². The molecule has 12 rings (SSSR count). The largest absolute Gasteiger partial charge is 0.310 e. The lowest BCUT2D eigenvalue weighted by Crippen LogP contribution is -2.48. The van der Waals surface area contributed by atoms with E-state index in [1.165, 1.54) is 143 Å². The molecule has 0 spiro atoms. The van der Waals surface area contributed by atoms with Gasteiger partial charge in [-0.05, 0) is 91.7 Å². The van der Waals surface area contributed by atoms with E-state index < -0.39 is 0 Å². The molecule has 0 aliphatic heterocycles. The van der Waals surface area contributed by atoms with Crippen molar-refractivity contribution in [2.75, 3.05) is 0 Å². The maximum atomic E-state index is 2.63. The number of hydrogen-bond acceptors (Lipinski definition) is 0. The summed E-state index contributed by atoms with van der Waals surface area (Å²) in [5.41, 5.74) is 26.6. The van der Waals surface area contributed by atoms with Gasteiger partial charge in [0.15, 0.2) is 0 Å². The second-order valence-corrected chi connectivity index (χ2v) is 18.6. The van der Waals surface area contributed by atoms with Crippen LogP contribution < -0.4 is 38.2 Å². The second-order valence-electron chi connectivity index (χ2n) is 18.6. The van der Waals surface area contributed by atoms with Gasteiger partial charge in [-0.15, -0.1) is 5.46 Å². The number of nitrogens with zero attached hydrogens (tertiary/aromatic N) is 2. The highest BCUT2D eigenvalue weighted by Crippen LogP contribution is 2.42. The van der Waals surface area contributed by atoms with Gasteiger partial charge < -0.3 is 9.13 Å². The van der Waals surface area contributed by atoms with Crippen molar-refractivity contribution in [3.63, 3.8) is 0 Å². The number of fused-ring (bicyclic) bond motifs is 7. The number of hydrogen-bond donors (Lipinski definition) is 0. The third-order valence-electron chi connectivity index (χ3n) is 15.2. The fourth-order valence-corrected chi connectivity index (χ4v) is 11.6. The fourth-order valence-electron chi connectivity index (χ4n) is 11.6. The normalized spacial score (nSPS) is 11.7. The van der Waals surface area contributed by atoms with Crippen LogP contribution >= 0.6 is 0 Å². The van der Waals surface area contributed by atoms with Crippen LogP contribution in [-0.4, -0.2) is 64.1 Å². The van der Waals surface area contributed by atoms with Crippen molar-refractivity contribution in [3.05, 3.63) is 188 Å². The Labute approximate surface area is 398 Å². The molecular weight excluding hydrogens is 800 g/mol. The molecule has 67 heavy (non-hydrogen) atoms. The van der Waals surface area contributed by atoms with Crippen LogP contribution in [-0.2, 0) is 0 Å². The molecule has 308 valence electrons. The van der Waals surface area contributed by atoms with Crippen LogP contribution in [0.2, 0.25) is 0 Å². The van der Waals surface area contributed by atoms with E-state index in [1.54, 1.807) is 0 Å². The highest BCUT2D eigenvalue weighted by molar-refractivity contribution is 6.69. The topological polar surface area (TPSA) is 9.86 Å². The molecular formula is C58H45B7N2. The Balaban J connectivity index is 1.16. The van der Waals surface area contributed by atoms with Gasteiger partial charge in [0.25, 0.3) is 0 Å². The summed E-state index contributed by atoms with van der Waals surface area (Å²) in [5.74, 6) is 0. The third-order valence-corrected chi connectivity index (χ3v) is 15.2. The Kier molecular flexibility index (Phi) is 9.69. The molecule has 0 saturated carbocycles. The fraction of sp³-hybridized carbons (Fsp3) is 0. The summed E-state index contributed by atoms with van der Waals surface area (Å²) in [6.07, 6.45) is 0.